The van der Waals surface area contributed by atoms with Crippen molar-refractivity contribution in [1.82, 2.24) is 5.32 Å². The molecule has 0 saturated carbocycles. The minimum absolute atomic E-state index is 0.533. The number of nitrogens with one attached hydrogen (secondary N) is 1. The number of methoxy groups -OCH3 is 1. The maximum absolute atomic E-state index is 5.62. The Morgan fingerprint density at radius 1 is 1.23 bits per heavy atom. The molecule has 80 valence electrons. The lowest BCUT2D eigenvalue weighted by atomic mass is 10.1. The SMILES string of the molecule is COCCC(C)NC(C)CCCCl. The van der Waals surface area contributed by atoms with Crippen LogP contribution >= 0.6 is 11.6 Å². The quantitative estimate of drug-likeness (QED) is 0.618. The molecule has 0 bridgehead atoms. The van der Waals surface area contributed by atoms with Gasteiger partial charge < -0.3 is 10.1 Å². The van der Waals surface area contributed by atoms with Crippen LogP contribution in [-0.4, -0.2) is 31.7 Å². The Bertz CT molecular complexity index is 99.1. The molecule has 13 heavy (non-hydrogen) atoms. The van der Waals surface area contributed by atoms with Crippen molar-refractivity contribution in [2.24, 2.45) is 0 Å². The summed E-state index contributed by atoms with van der Waals surface area (Å²) in [6.45, 7) is 5.22. The summed E-state index contributed by atoms with van der Waals surface area (Å²) in [4.78, 5) is 0. The van der Waals surface area contributed by atoms with Crippen LogP contribution in [0.2, 0.25) is 0 Å². The van der Waals surface area contributed by atoms with Gasteiger partial charge in [-0.1, -0.05) is 0 Å². The summed E-state index contributed by atoms with van der Waals surface area (Å²) in [6.07, 6.45) is 3.31. The summed E-state index contributed by atoms with van der Waals surface area (Å²) >= 11 is 5.62. The third kappa shape index (κ3) is 8.54. The van der Waals surface area contributed by atoms with Crippen molar-refractivity contribution in [3.63, 3.8) is 0 Å². The summed E-state index contributed by atoms with van der Waals surface area (Å²) < 4.78 is 5.01. The Morgan fingerprint density at radius 3 is 2.38 bits per heavy atom. The molecule has 0 fully saturated rings. The van der Waals surface area contributed by atoms with Crippen LogP contribution in [0.1, 0.15) is 33.1 Å². The standard InChI is InChI=1S/C10H22ClNO/c1-9(5-4-7-11)12-10(2)6-8-13-3/h9-10,12H,4-8H2,1-3H3. The second-order valence-electron chi connectivity index (χ2n) is 3.58. The van der Waals surface area contributed by atoms with Crippen LogP contribution in [0.15, 0.2) is 0 Å². The number of hydrogen-bond acceptors (Lipinski definition) is 2. The normalized spacial score (nSPS) is 15.7. The molecule has 2 unspecified atom stereocenters. The summed E-state index contributed by atoms with van der Waals surface area (Å²) in [5.41, 5.74) is 0. The number of rotatable bonds is 8. The van der Waals surface area contributed by atoms with Gasteiger partial charge in [-0.15, -0.1) is 11.6 Å². The van der Waals surface area contributed by atoms with Crippen molar-refractivity contribution >= 4 is 11.6 Å². The molecule has 0 aliphatic carbocycles. The lowest BCUT2D eigenvalue weighted by Gasteiger charge is -2.19. The van der Waals surface area contributed by atoms with E-state index < -0.39 is 0 Å². The van der Waals surface area contributed by atoms with Crippen LogP contribution in [0.5, 0.6) is 0 Å². The van der Waals surface area contributed by atoms with Crippen LogP contribution in [0.25, 0.3) is 0 Å². The first-order valence-electron chi connectivity index (χ1n) is 5.01. The molecule has 0 radical (unpaired) electrons. The first kappa shape index (κ1) is 13.2. The predicted octanol–water partition coefficient (Wildman–Crippen LogP) is 2.41. The molecule has 1 N–H and O–H groups in total. The van der Waals surface area contributed by atoms with Crippen LogP contribution in [-0.2, 0) is 4.74 Å². The fourth-order valence-corrected chi connectivity index (χ4v) is 1.48. The van der Waals surface area contributed by atoms with Gasteiger partial charge in [-0.25, -0.2) is 0 Å². The van der Waals surface area contributed by atoms with Gasteiger partial charge in [-0.3, -0.25) is 0 Å². The van der Waals surface area contributed by atoms with Gasteiger partial charge in [0.25, 0.3) is 0 Å². The highest BCUT2D eigenvalue weighted by molar-refractivity contribution is 6.17. The molecule has 0 amide bonds. The highest BCUT2D eigenvalue weighted by Crippen LogP contribution is 2.01. The highest BCUT2D eigenvalue weighted by Gasteiger charge is 2.06. The van der Waals surface area contributed by atoms with Gasteiger partial charge in [-0.05, 0) is 33.1 Å². The fraction of sp³-hybridized carbons (Fsp3) is 1.00. The molecular formula is C10H22ClNO. The molecule has 2 nitrogen and oxygen atoms in total. The number of hydrogen-bond donors (Lipinski definition) is 1. The van der Waals surface area contributed by atoms with E-state index in [4.69, 9.17) is 16.3 Å². The Kier molecular flexibility index (Phi) is 8.93. The predicted molar refractivity (Wildman–Crippen MR) is 58.5 cm³/mol. The molecule has 0 aromatic heterocycles. The molecule has 0 aliphatic rings. The van der Waals surface area contributed by atoms with Gasteiger partial charge in [-0.2, -0.15) is 0 Å². The van der Waals surface area contributed by atoms with E-state index >= 15 is 0 Å². The lowest BCUT2D eigenvalue weighted by molar-refractivity contribution is 0.182. The topological polar surface area (TPSA) is 21.3 Å². The maximum atomic E-state index is 5.62. The first-order chi connectivity index (χ1) is 6.20. The fourth-order valence-electron chi connectivity index (χ4n) is 1.33. The van der Waals surface area contributed by atoms with Crippen molar-refractivity contribution in [3.8, 4) is 0 Å². The highest BCUT2D eigenvalue weighted by atomic mass is 35.5. The molecule has 0 rings (SSSR count). The first-order valence-corrected chi connectivity index (χ1v) is 5.55. The van der Waals surface area contributed by atoms with E-state index in [1.165, 1.54) is 0 Å². The van der Waals surface area contributed by atoms with Gasteiger partial charge in [0.15, 0.2) is 0 Å². The minimum atomic E-state index is 0.533. The zero-order valence-corrected chi connectivity index (χ0v) is 9.73. The maximum Gasteiger partial charge on any atom is 0.0476 e. The van der Waals surface area contributed by atoms with Crippen molar-refractivity contribution in [2.75, 3.05) is 19.6 Å². The Balaban J connectivity index is 3.35. The molecule has 3 heteroatoms. The Hall–Kier alpha value is 0.210. The average molecular weight is 208 g/mol. The van der Waals surface area contributed by atoms with Crippen molar-refractivity contribution in [3.05, 3.63) is 0 Å². The number of alkyl halides is 1. The molecular weight excluding hydrogens is 186 g/mol. The summed E-state index contributed by atoms with van der Waals surface area (Å²) in [5, 5.41) is 3.51. The van der Waals surface area contributed by atoms with E-state index in [-0.39, 0.29) is 0 Å². The van der Waals surface area contributed by atoms with E-state index in [2.05, 4.69) is 19.2 Å². The average Bonchev–Trinajstić information content (AvgIpc) is 2.11. The van der Waals surface area contributed by atoms with Crippen molar-refractivity contribution in [1.29, 1.82) is 0 Å². The van der Waals surface area contributed by atoms with Crippen molar-refractivity contribution < 1.29 is 4.74 Å². The third-order valence-corrected chi connectivity index (χ3v) is 2.36. The van der Waals surface area contributed by atoms with Gasteiger partial charge >= 0.3 is 0 Å². The Morgan fingerprint density at radius 2 is 1.85 bits per heavy atom. The van der Waals surface area contributed by atoms with E-state index in [0.717, 1.165) is 31.7 Å². The van der Waals surface area contributed by atoms with Crippen LogP contribution in [0.4, 0.5) is 0 Å². The zero-order valence-electron chi connectivity index (χ0n) is 8.98. The van der Waals surface area contributed by atoms with Gasteiger partial charge in [0.05, 0.1) is 0 Å². The number of halogens is 1. The van der Waals surface area contributed by atoms with Crippen molar-refractivity contribution in [2.45, 2.75) is 45.2 Å². The molecule has 0 aromatic rings. The summed E-state index contributed by atoms with van der Waals surface area (Å²) in [6, 6.07) is 1.09. The number of ether oxygens (including phenoxy) is 1. The summed E-state index contributed by atoms with van der Waals surface area (Å²) in [5.74, 6) is 0.762. The smallest absolute Gasteiger partial charge is 0.0476 e. The molecule has 0 aliphatic heterocycles. The monoisotopic (exact) mass is 207 g/mol. The third-order valence-electron chi connectivity index (χ3n) is 2.09. The van der Waals surface area contributed by atoms with E-state index in [1.54, 1.807) is 7.11 Å². The van der Waals surface area contributed by atoms with Crippen LogP contribution in [0.3, 0.4) is 0 Å². The second kappa shape index (κ2) is 8.79. The zero-order chi connectivity index (χ0) is 10.1. The summed E-state index contributed by atoms with van der Waals surface area (Å²) in [7, 11) is 1.74. The molecule has 0 aromatic carbocycles. The molecule has 0 heterocycles. The van der Waals surface area contributed by atoms with E-state index in [9.17, 15) is 0 Å². The molecule has 0 saturated heterocycles. The van der Waals surface area contributed by atoms with Gasteiger partial charge in [0, 0.05) is 31.7 Å². The minimum Gasteiger partial charge on any atom is -0.385 e. The molecule has 2 atom stereocenters. The molecule has 0 spiro atoms. The largest absolute Gasteiger partial charge is 0.385 e. The Labute approximate surface area is 87.0 Å². The van der Waals surface area contributed by atoms with E-state index in [1.807, 2.05) is 0 Å². The van der Waals surface area contributed by atoms with Gasteiger partial charge in [0.1, 0.15) is 0 Å². The second-order valence-corrected chi connectivity index (χ2v) is 3.96. The van der Waals surface area contributed by atoms with Crippen LogP contribution in [0, 0.1) is 0 Å². The van der Waals surface area contributed by atoms with E-state index in [0.29, 0.717) is 12.1 Å². The lowest BCUT2D eigenvalue weighted by Crippen LogP contribution is -2.35. The van der Waals surface area contributed by atoms with Gasteiger partial charge in [0.2, 0.25) is 0 Å². The van der Waals surface area contributed by atoms with Crippen LogP contribution < -0.4 is 5.32 Å².